The van der Waals surface area contributed by atoms with Crippen molar-refractivity contribution in [2.24, 2.45) is 0 Å². The Morgan fingerprint density at radius 2 is 2.30 bits per heavy atom. The van der Waals surface area contributed by atoms with Crippen molar-refractivity contribution in [2.45, 2.75) is 50.2 Å². The summed E-state index contributed by atoms with van der Waals surface area (Å²) in [6.45, 7) is 7.12. The van der Waals surface area contributed by atoms with E-state index in [1.807, 2.05) is 18.2 Å². The second-order valence-corrected chi connectivity index (χ2v) is 6.97. The number of rotatable bonds is 4. The summed E-state index contributed by atoms with van der Waals surface area (Å²) in [7, 11) is 0. The minimum absolute atomic E-state index is 0.0848. The second-order valence-electron chi connectivity index (χ2n) is 5.67. The van der Waals surface area contributed by atoms with Gasteiger partial charge in [-0.3, -0.25) is 0 Å². The molecule has 1 unspecified atom stereocenters. The minimum Gasteiger partial charge on any atom is -0.381 e. The zero-order chi connectivity index (χ0) is 14.6. The summed E-state index contributed by atoms with van der Waals surface area (Å²) in [6.07, 6.45) is 1.95. The SMILES string of the molecule is CCSc1cccc(NC2CCOC(C)(C)C2)c1C#N. The monoisotopic (exact) mass is 290 g/mol. The molecule has 1 aromatic carbocycles. The average Bonchev–Trinajstić information content (AvgIpc) is 2.38. The van der Waals surface area contributed by atoms with Crippen molar-refractivity contribution in [2.75, 3.05) is 17.7 Å². The van der Waals surface area contributed by atoms with Crippen LogP contribution in [-0.4, -0.2) is 24.0 Å². The maximum Gasteiger partial charge on any atom is 0.102 e. The van der Waals surface area contributed by atoms with Crippen molar-refractivity contribution in [3.63, 3.8) is 0 Å². The van der Waals surface area contributed by atoms with Crippen LogP contribution in [0.25, 0.3) is 0 Å². The van der Waals surface area contributed by atoms with E-state index in [0.717, 1.165) is 41.3 Å². The molecule has 0 amide bonds. The quantitative estimate of drug-likeness (QED) is 0.850. The van der Waals surface area contributed by atoms with E-state index in [1.54, 1.807) is 11.8 Å². The summed E-state index contributed by atoms with van der Waals surface area (Å²) in [6, 6.07) is 8.75. The van der Waals surface area contributed by atoms with Gasteiger partial charge in [0.2, 0.25) is 0 Å². The molecule has 1 aliphatic heterocycles. The van der Waals surface area contributed by atoms with Crippen molar-refractivity contribution in [1.82, 2.24) is 0 Å². The van der Waals surface area contributed by atoms with E-state index in [0.29, 0.717) is 6.04 Å². The van der Waals surface area contributed by atoms with E-state index in [-0.39, 0.29) is 5.60 Å². The summed E-state index contributed by atoms with van der Waals surface area (Å²) in [5.74, 6) is 0.975. The summed E-state index contributed by atoms with van der Waals surface area (Å²) in [5.41, 5.74) is 1.63. The third-order valence-corrected chi connectivity index (χ3v) is 4.43. The lowest BCUT2D eigenvalue weighted by Gasteiger charge is -2.36. The van der Waals surface area contributed by atoms with Crippen molar-refractivity contribution in [3.05, 3.63) is 23.8 Å². The highest BCUT2D eigenvalue weighted by molar-refractivity contribution is 7.99. The molecule has 1 aromatic rings. The molecule has 0 aliphatic carbocycles. The molecule has 1 N–H and O–H groups in total. The smallest absolute Gasteiger partial charge is 0.102 e. The van der Waals surface area contributed by atoms with Crippen molar-refractivity contribution >= 4 is 17.4 Å². The lowest BCUT2D eigenvalue weighted by atomic mass is 9.93. The van der Waals surface area contributed by atoms with Gasteiger partial charge < -0.3 is 10.1 Å². The van der Waals surface area contributed by atoms with Crippen molar-refractivity contribution in [3.8, 4) is 6.07 Å². The average molecular weight is 290 g/mol. The van der Waals surface area contributed by atoms with Crippen LogP contribution < -0.4 is 5.32 Å². The Balaban J connectivity index is 2.17. The van der Waals surface area contributed by atoms with Gasteiger partial charge in [0.1, 0.15) is 6.07 Å². The van der Waals surface area contributed by atoms with Gasteiger partial charge in [0, 0.05) is 17.5 Å². The highest BCUT2D eigenvalue weighted by Crippen LogP contribution is 2.31. The standard InChI is InChI=1S/C16H22N2OS/c1-4-20-15-7-5-6-14(13(15)11-17)18-12-8-9-19-16(2,3)10-12/h5-7,12,18H,4,8-10H2,1-3H3. The van der Waals surface area contributed by atoms with Gasteiger partial charge in [-0.05, 0) is 44.6 Å². The summed E-state index contributed by atoms with van der Waals surface area (Å²) >= 11 is 1.72. The predicted octanol–water partition coefficient (Wildman–Crippen LogP) is 4.04. The first kappa shape index (κ1) is 15.2. The first-order chi connectivity index (χ1) is 9.55. The van der Waals surface area contributed by atoms with Crippen molar-refractivity contribution < 1.29 is 4.74 Å². The van der Waals surface area contributed by atoms with Gasteiger partial charge in [0.05, 0.1) is 16.9 Å². The number of thioether (sulfide) groups is 1. The third-order valence-electron chi connectivity index (χ3n) is 3.49. The summed E-state index contributed by atoms with van der Waals surface area (Å²) in [5, 5.41) is 13.0. The fraction of sp³-hybridized carbons (Fsp3) is 0.562. The zero-order valence-corrected chi connectivity index (χ0v) is 13.2. The van der Waals surface area contributed by atoms with E-state index in [4.69, 9.17) is 4.74 Å². The number of benzene rings is 1. The second kappa shape index (κ2) is 6.51. The molecule has 1 aliphatic rings. The highest BCUT2D eigenvalue weighted by Gasteiger charge is 2.29. The minimum atomic E-state index is -0.0848. The molecule has 0 radical (unpaired) electrons. The van der Waals surface area contributed by atoms with Gasteiger partial charge in [-0.1, -0.05) is 13.0 Å². The maximum atomic E-state index is 9.43. The largest absolute Gasteiger partial charge is 0.381 e. The van der Waals surface area contributed by atoms with E-state index >= 15 is 0 Å². The van der Waals surface area contributed by atoms with Gasteiger partial charge >= 0.3 is 0 Å². The molecule has 0 bridgehead atoms. The van der Waals surface area contributed by atoms with Gasteiger partial charge in [0.25, 0.3) is 0 Å². The van der Waals surface area contributed by atoms with Crippen LogP contribution in [0.3, 0.4) is 0 Å². The molecule has 1 fully saturated rings. The van der Waals surface area contributed by atoms with E-state index in [2.05, 4.69) is 32.2 Å². The molecular formula is C16H22N2OS. The number of anilines is 1. The molecule has 20 heavy (non-hydrogen) atoms. The van der Waals surface area contributed by atoms with Gasteiger partial charge in [-0.15, -0.1) is 11.8 Å². The van der Waals surface area contributed by atoms with Gasteiger partial charge in [0.15, 0.2) is 0 Å². The Bertz CT molecular complexity index is 508. The van der Waals surface area contributed by atoms with Crippen LogP contribution in [0.5, 0.6) is 0 Å². The number of nitriles is 1. The van der Waals surface area contributed by atoms with E-state index in [9.17, 15) is 5.26 Å². The highest BCUT2D eigenvalue weighted by atomic mass is 32.2. The fourth-order valence-electron chi connectivity index (χ4n) is 2.62. The molecule has 108 valence electrons. The van der Waals surface area contributed by atoms with Crippen LogP contribution in [-0.2, 0) is 4.74 Å². The fourth-order valence-corrected chi connectivity index (χ4v) is 3.40. The summed E-state index contributed by atoms with van der Waals surface area (Å²) < 4.78 is 5.74. The van der Waals surface area contributed by atoms with Gasteiger partial charge in [-0.25, -0.2) is 0 Å². The molecule has 1 atom stereocenters. The first-order valence-corrected chi connectivity index (χ1v) is 8.10. The van der Waals surface area contributed by atoms with Crippen LogP contribution in [0.1, 0.15) is 39.2 Å². The van der Waals surface area contributed by atoms with Crippen LogP contribution in [0.2, 0.25) is 0 Å². The normalized spacial score (nSPS) is 21.2. The molecule has 1 heterocycles. The molecule has 4 heteroatoms. The molecule has 0 saturated carbocycles. The van der Waals surface area contributed by atoms with Crippen LogP contribution >= 0.6 is 11.8 Å². The third kappa shape index (κ3) is 3.68. The van der Waals surface area contributed by atoms with E-state index < -0.39 is 0 Å². The zero-order valence-electron chi connectivity index (χ0n) is 12.4. The van der Waals surface area contributed by atoms with Crippen LogP contribution in [0.15, 0.2) is 23.1 Å². The molecule has 2 rings (SSSR count). The molecule has 0 spiro atoms. The number of hydrogen-bond acceptors (Lipinski definition) is 4. The lowest BCUT2D eigenvalue weighted by molar-refractivity contribution is -0.0553. The Morgan fingerprint density at radius 1 is 1.50 bits per heavy atom. The van der Waals surface area contributed by atoms with Crippen molar-refractivity contribution in [1.29, 1.82) is 5.26 Å². The number of nitrogens with one attached hydrogen (secondary N) is 1. The van der Waals surface area contributed by atoms with Crippen LogP contribution in [0.4, 0.5) is 5.69 Å². The maximum absolute atomic E-state index is 9.43. The topological polar surface area (TPSA) is 45.0 Å². The number of nitrogens with zero attached hydrogens (tertiary/aromatic N) is 1. The number of hydrogen-bond donors (Lipinski definition) is 1. The molecule has 3 nitrogen and oxygen atoms in total. The lowest BCUT2D eigenvalue weighted by Crippen LogP contribution is -2.40. The van der Waals surface area contributed by atoms with E-state index in [1.165, 1.54) is 0 Å². The Morgan fingerprint density at radius 3 is 2.95 bits per heavy atom. The Labute approximate surface area is 125 Å². The molecular weight excluding hydrogens is 268 g/mol. The Hall–Kier alpha value is -1.18. The first-order valence-electron chi connectivity index (χ1n) is 7.12. The summed E-state index contributed by atoms with van der Waals surface area (Å²) in [4.78, 5) is 1.06. The van der Waals surface area contributed by atoms with Crippen LogP contribution in [0, 0.1) is 11.3 Å². The number of ether oxygens (including phenoxy) is 1. The predicted molar refractivity (Wildman–Crippen MR) is 84.2 cm³/mol. The Kier molecular flexibility index (Phi) is 4.95. The molecule has 0 aromatic heterocycles. The molecule has 1 saturated heterocycles. The van der Waals surface area contributed by atoms with Gasteiger partial charge in [-0.2, -0.15) is 5.26 Å².